The highest BCUT2D eigenvalue weighted by Crippen LogP contribution is 2.35. The smallest absolute Gasteiger partial charge is 0.204 e. The molecule has 0 aliphatic heterocycles. The molecule has 3 atom stereocenters. The van der Waals surface area contributed by atoms with Crippen molar-refractivity contribution in [1.82, 2.24) is 0 Å². The van der Waals surface area contributed by atoms with E-state index in [4.69, 9.17) is 9.47 Å². The first kappa shape index (κ1) is 23.0. The molecule has 2 rings (SSSR count). The molecule has 0 saturated carbocycles. The number of aliphatic hydroxyl groups is 1. The molecule has 1 aromatic carbocycles. The Morgan fingerprint density at radius 1 is 1.07 bits per heavy atom. The largest absolute Gasteiger partial charge is 0.494 e. The van der Waals surface area contributed by atoms with E-state index < -0.39 is 6.10 Å². The Labute approximate surface area is 174 Å². The van der Waals surface area contributed by atoms with E-state index in [1.807, 2.05) is 13.0 Å². The second kappa shape index (κ2) is 11.0. The average Bonchev–Trinajstić information content (AvgIpc) is 2.71. The lowest BCUT2D eigenvalue weighted by molar-refractivity contribution is -0.128. The SMILES string of the molecule is COC1=C(OC)C(O)C(CC=C(C)CCC=C(C)Cc2ccccc2)C(C)C1=O. The molecule has 1 aromatic rings. The highest BCUT2D eigenvalue weighted by molar-refractivity contribution is 5.97. The topological polar surface area (TPSA) is 55.8 Å². The van der Waals surface area contributed by atoms with Gasteiger partial charge in [-0.3, -0.25) is 4.79 Å². The number of methoxy groups -OCH3 is 2. The first-order chi connectivity index (χ1) is 13.9. The van der Waals surface area contributed by atoms with Crippen LogP contribution in [0.3, 0.4) is 0 Å². The van der Waals surface area contributed by atoms with E-state index in [1.54, 1.807) is 0 Å². The predicted molar refractivity (Wildman–Crippen MR) is 116 cm³/mol. The van der Waals surface area contributed by atoms with E-state index >= 15 is 0 Å². The van der Waals surface area contributed by atoms with Gasteiger partial charge >= 0.3 is 0 Å². The Hall–Kier alpha value is -2.33. The number of ketones is 1. The lowest BCUT2D eigenvalue weighted by Crippen LogP contribution is -2.40. The van der Waals surface area contributed by atoms with Gasteiger partial charge in [0, 0.05) is 11.8 Å². The standard InChI is InChI=1S/C25H34O4/c1-17(10-9-11-18(2)16-20-12-7-6-8-13-20)14-15-21-19(3)22(26)24(28-4)25(29-5)23(21)27/h6-8,11-14,19,21,23,27H,9-10,15-16H2,1-5H3. The average molecular weight is 399 g/mol. The minimum absolute atomic E-state index is 0.106. The van der Waals surface area contributed by atoms with Crippen LogP contribution in [-0.4, -0.2) is 31.2 Å². The number of carbonyl (C=O) groups is 1. The first-order valence-electron chi connectivity index (χ1n) is 10.3. The van der Waals surface area contributed by atoms with Crippen LogP contribution in [0.2, 0.25) is 0 Å². The van der Waals surface area contributed by atoms with Crippen molar-refractivity contribution in [3.8, 4) is 0 Å². The van der Waals surface area contributed by atoms with E-state index in [0.29, 0.717) is 6.42 Å². The maximum Gasteiger partial charge on any atom is 0.204 e. The van der Waals surface area contributed by atoms with Gasteiger partial charge in [-0.25, -0.2) is 0 Å². The van der Waals surface area contributed by atoms with Gasteiger partial charge in [-0.2, -0.15) is 0 Å². The molecule has 158 valence electrons. The van der Waals surface area contributed by atoms with E-state index in [-0.39, 0.29) is 29.1 Å². The molecule has 1 aliphatic rings. The van der Waals surface area contributed by atoms with Crippen molar-refractivity contribution < 1.29 is 19.4 Å². The van der Waals surface area contributed by atoms with Gasteiger partial charge < -0.3 is 14.6 Å². The molecule has 0 heterocycles. The van der Waals surface area contributed by atoms with Crippen LogP contribution in [0, 0.1) is 11.8 Å². The van der Waals surface area contributed by atoms with Gasteiger partial charge in [-0.1, -0.05) is 60.6 Å². The van der Waals surface area contributed by atoms with Gasteiger partial charge in [0.05, 0.1) is 14.2 Å². The molecule has 4 nitrogen and oxygen atoms in total. The number of hydrogen-bond acceptors (Lipinski definition) is 4. The minimum atomic E-state index is -0.834. The molecule has 0 spiro atoms. The van der Waals surface area contributed by atoms with Crippen LogP contribution in [0.1, 0.15) is 45.6 Å². The number of carbonyl (C=O) groups excluding carboxylic acids is 1. The molecule has 1 aliphatic carbocycles. The summed E-state index contributed by atoms with van der Waals surface area (Å²) in [5.41, 5.74) is 3.96. The van der Waals surface area contributed by atoms with Crippen LogP contribution >= 0.6 is 0 Å². The van der Waals surface area contributed by atoms with E-state index in [1.165, 1.54) is 30.9 Å². The van der Waals surface area contributed by atoms with E-state index in [2.05, 4.69) is 50.3 Å². The molecule has 0 bridgehead atoms. The van der Waals surface area contributed by atoms with Gasteiger partial charge in [0.15, 0.2) is 5.76 Å². The van der Waals surface area contributed by atoms with Crippen LogP contribution in [0.5, 0.6) is 0 Å². The Bertz CT molecular complexity index is 773. The summed E-state index contributed by atoms with van der Waals surface area (Å²) in [4.78, 5) is 12.5. The summed E-state index contributed by atoms with van der Waals surface area (Å²) in [6.45, 7) is 6.12. The van der Waals surface area contributed by atoms with Crippen molar-refractivity contribution in [1.29, 1.82) is 0 Å². The Kier molecular flexibility index (Phi) is 8.71. The number of rotatable bonds is 9. The normalized spacial score (nSPS) is 23.4. The van der Waals surface area contributed by atoms with Crippen molar-refractivity contribution in [3.63, 3.8) is 0 Å². The molecule has 0 fully saturated rings. The summed E-state index contributed by atoms with van der Waals surface area (Å²) in [7, 11) is 2.90. The van der Waals surface area contributed by atoms with Gasteiger partial charge in [0.2, 0.25) is 11.5 Å². The van der Waals surface area contributed by atoms with Crippen molar-refractivity contribution in [2.24, 2.45) is 11.8 Å². The Morgan fingerprint density at radius 3 is 2.38 bits per heavy atom. The van der Waals surface area contributed by atoms with Crippen LogP contribution in [-0.2, 0) is 20.7 Å². The summed E-state index contributed by atoms with van der Waals surface area (Å²) in [5, 5.41) is 10.7. The zero-order valence-electron chi connectivity index (χ0n) is 18.3. The van der Waals surface area contributed by atoms with Crippen molar-refractivity contribution >= 4 is 5.78 Å². The lowest BCUT2D eigenvalue weighted by Gasteiger charge is -2.33. The summed E-state index contributed by atoms with van der Waals surface area (Å²) < 4.78 is 10.4. The van der Waals surface area contributed by atoms with E-state index in [9.17, 15) is 9.90 Å². The molecular formula is C25H34O4. The van der Waals surface area contributed by atoms with Crippen molar-refractivity contribution in [2.75, 3.05) is 14.2 Å². The number of hydrogen-bond donors (Lipinski definition) is 1. The maximum absolute atomic E-state index is 12.5. The number of benzene rings is 1. The Morgan fingerprint density at radius 2 is 1.76 bits per heavy atom. The van der Waals surface area contributed by atoms with Crippen LogP contribution < -0.4 is 0 Å². The predicted octanol–water partition coefficient (Wildman–Crippen LogP) is 4.99. The molecule has 0 aromatic heterocycles. The molecule has 29 heavy (non-hydrogen) atoms. The quantitative estimate of drug-likeness (QED) is 0.595. The van der Waals surface area contributed by atoms with Gasteiger partial charge in [-0.15, -0.1) is 0 Å². The molecule has 0 saturated heterocycles. The summed E-state index contributed by atoms with van der Waals surface area (Å²) in [6, 6.07) is 10.5. The Balaban J connectivity index is 1.92. The minimum Gasteiger partial charge on any atom is -0.494 e. The fourth-order valence-electron chi connectivity index (χ4n) is 3.85. The number of allylic oxidation sites excluding steroid dienone is 5. The molecule has 4 heteroatoms. The monoisotopic (exact) mass is 398 g/mol. The summed E-state index contributed by atoms with van der Waals surface area (Å²) in [6.07, 6.45) is 7.17. The van der Waals surface area contributed by atoms with E-state index in [0.717, 1.165) is 19.3 Å². The number of aliphatic hydroxyl groups excluding tert-OH is 1. The molecular weight excluding hydrogens is 364 g/mol. The van der Waals surface area contributed by atoms with Gasteiger partial charge in [0.25, 0.3) is 0 Å². The number of ether oxygens (including phenoxy) is 2. The van der Waals surface area contributed by atoms with Crippen LogP contribution in [0.15, 0.2) is 65.1 Å². The highest BCUT2D eigenvalue weighted by Gasteiger charge is 2.42. The number of Topliss-reactive ketones (excluding diaryl/α,β-unsaturated/α-hetero) is 1. The maximum atomic E-state index is 12.5. The third-order valence-corrected chi connectivity index (χ3v) is 5.70. The lowest BCUT2D eigenvalue weighted by atomic mass is 9.77. The zero-order chi connectivity index (χ0) is 21.4. The van der Waals surface area contributed by atoms with Crippen molar-refractivity contribution in [2.45, 2.75) is 52.6 Å². The van der Waals surface area contributed by atoms with Crippen LogP contribution in [0.4, 0.5) is 0 Å². The second-order valence-electron chi connectivity index (χ2n) is 7.90. The van der Waals surface area contributed by atoms with Crippen LogP contribution in [0.25, 0.3) is 0 Å². The van der Waals surface area contributed by atoms with Crippen molar-refractivity contribution in [3.05, 3.63) is 70.7 Å². The molecule has 3 unspecified atom stereocenters. The van der Waals surface area contributed by atoms with Gasteiger partial charge in [0.1, 0.15) is 6.10 Å². The highest BCUT2D eigenvalue weighted by atomic mass is 16.5. The first-order valence-corrected chi connectivity index (χ1v) is 10.3. The summed E-state index contributed by atoms with van der Waals surface area (Å²) in [5.74, 6) is -0.239. The second-order valence-corrected chi connectivity index (χ2v) is 7.90. The fourth-order valence-corrected chi connectivity index (χ4v) is 3.85. The molecule has 0 amide bonds. The third-order valence-electron chi connectivity index (χ3n) is 5.70. The molecule has 0 radical (unpaired) electrons. The zero-order valence-corrected chi connectivity index (χ0v) is 18.3. The fraction of sp³-hybridized carbons (Fsp3) is 0.480. The third kappa shape index (κ3) is 6.07. The summed E-state index contributed by atoms with van der Waals surface area (Å²) >= 11 is 0. The molecule has 1 N–H and O–H groups in total. The van der Waals surface area contributed by atoms with Gasteiger partial charge in [-0.05, 0) is 45.1 Å².